The molecule has 0 aromatic heterocycles. The first-order valence-electron chi connectivity index (χ1n) is 5.39. The van der Waals surface area contributed by atoms with Crippen LogP contribution in [-0.2, 0) is 0 Å². The van der Waals surface area contributed by atoms with E-state index in [0.717, 1.165) is 25.7 Å². The van der Waals surface area contributed by atoms with Gasteiger partial charge in [0.2, 0.25) is 0 Å². The number of hydrogen-bond acceptors (Lipinski definition) is 2. The third-order valence-electron chi connectivity index (χ3n) is 2.96. The highest BCUT2D eigenvalue weighted by molar-refractivity contribution is 4.80. The van der Waals surface area contributed by atoms with Gasteiger partial charge in [0.25, 0.3) is 0 Å². The minimum Gasteiger partial charge on any atom is -0.327 e. The number of nitrogens with zero attached hydrogens (tertiary/aromatic N) is 1. The molecule has 1 aliphatic rings. The van der Waals surface area contributed by atoms with Crippen LogP contribution in [0.2, 0.25) is 0 Å². The van der Waals surface area contributed by atoms with Gasteiger partial charge in [0.1, 0.15) is 0 Å². The van der Waals surface area contributed by atoms with Gasteiger partial charge in [0.05, 0.1) is 6.54 Å². The molecule has 90 valence electrons. The van der Waals surface area contributed by atoms with Crippen molar-refractivity contribution in [2.75, 3.05) is 20.1 Å². The average Bonchev–Trinajstić information content (AvgIpc) is 2.05. The third-order valence-corrected chi connectivity index (χ3v) is 2.96. The van der Waals surface area contributed by atoms with Crippen molar-refractivity contribution in [2.24, 2.45) is 11.7 Å². The average molecular weight is 224 g/mol. The number of rotatable bonds is 3. The van der Waals surface area contributed by atoms with Crippen molar-refractivity contribution < 1.29 is 13.2 Å². The molecule has 0 aliphatic heterocycles. The van der Waals surface area contributed by atoms with E-state index in [-0.39, 0.29) is 12.0 Å². The standard InChI is InChI=1S/C10H19F3N2/c1-15(7-10(11,12)13)6-8-4-2-3-5-9(8)14/h8-9H,2-7,14H2,1H3. The highest BCUT2D eigenvalue weighted by atomic mass is 19.4. The summed E-state index contributed by atoms with van der Waals surface area (Å²) in [4.78, 5) is 1.33. The van der Waals surface area contributed by atoms with Gasteiger partial charge in [0, 0.05) is 12.6 Å². The van der Waals surface area contributed by atoms with Gasteiger partial charge in [-0.3, -0.25) is 4.90 Å². The van der Waals surface area contributed by atoms with E-state index in [1.165, 1.54) is 11.9 Å². The molecule has 1 aliphatic carbocycles. The van der Waals surface area contributed by atoms with Gasteiger partial charge < -0.3 is 5.73 Å². The zero-order valence-electron chi connectivity index (χ0n) is 9.06. The van der Waals surface area contributed by atoms with Crippen LogP contribution in [0.4, 0.5) is 13.2 Å². The van der Waals surface area contributed by atoms with Crippen LogP contribution in [0.15, 0.2) is 0 Å². The minimum atomic E-state index is -4.10. The second-order valence-corrected chi connectivity index (χ2v) is 4.52. The topological polar surface area (TPSA) is 29.3 Å². The zero-order valence-corrected chi connectivity index (χ0v) is 9.06. The maximum absolute atomic E-state index is 12.1. The van der Waals surface area contributed by atoms with E-state index in [1.54, 1.807) is 0 Å². The van der Waals surface area contributed by atoms with E-state index in [0.29, 0.717) is 6.54 Å². The molecule has 2 atom stereocenters. The summed E-state index contributed by atoms with van der Waals surface area (Å²) in [6, 6.07) is 0.0782. The Balaban J connectivity index is 2.33. The molecule has 0 spiro atoms. The third kappa shape index (κ3) is 4.84. The lowest BCUT2D eigenvalue weighted by molar-refractivity contribution is -0.144. The molecule has 1 saturated carbocycles. The van der Waals surface area contributed by atoms with Gasteiger partial charge in [0.15, 0.2) is 0 Å². The Labute approximate surface area is 88.6 Å². The van der Waals surface area contributed by atoms with Crippen LogP contribution in [0.5, 0.6) is 0 Å². The van der Waals surface area contributed by atoms with Crippen LogP contribution in [0.1, 0.15) is 25.7 Å². The number of halogens is 3. The molecule has 15 heavy (non-hydrogen) atoms. The summed E-state index contributed by atoms with van der Waals surface area (Å²) >= 11 is 0. The molecule has 2 unspecified atom stereocenters. The number of hydrogen-bond donors (Lipinski definition) is 1. The van der Waals surface area contributed by atoms with Gasteiger partial charge in [-0.05, 0) is 25.8 Å². The van der Waals surface area contributed by atoms with E-state index in [9.17, 15) is 13.2 Å². The summed E-state index contributed by atoms with van der Waals surface area (Å²) in [7, 11) is 1.51. The fraction of sp³-hybridized carbons (Fsp3) is 1.00. The molecule has 0 amide bonds. The Kier molecular flexibility index (Phi) is 4.40. The largest absolute Gasteiger partial charge is 0.401 e. The second kappa shape index (κ2) is 5.16. The van der Waals surface area contributed by atoms with Crippen LogP contribution in [0.3, 0.4) is 0 Å². The SMILES string of the molecule is CN(CC1CCCCC1N)CC(F)(F)F. The van der Waals surface area contributed by atoms with Crippen molar-refractivity contribution in [3.05, 3.63) is 0 Å². The van der Waals surface area contributed by atoms with E-state index in [1.807, 2.05) is 0 Å². The summed E-state index contributed by atoms with van der Waals surface area (Å²) in [5, 5.41) is 0. The summed E-state index contributed by atoms with van der Waals surface area (Å²) in [5.41, 5.74) is 5.88. The molecule has 5 heteroatoms. The van der Waals surface area contributed by atoms with Gasteiger partial charge in [-0.15, -0.1) is 0 Å². The van der Waals surface area contributed by atoms with E-state index < -0.39 is 12.7 Å². The van der Waals surface area contributed by atoms with Crippen LogP contribution >= 0.6 is 0 Å². The molecule has 0 bridgehead atoms. The first kappa shape index (κ1) is 12.8. The van der Waals surface area contributed by atoms with Gasteiger partial charge >= 0.3 is 6.18 Å². The van der Waals surface area contributed by atoms with Crippen molar-refractivity contribution in [3.63, 3.8) is 0 Å². The smallest absolute Gasteiger partial charge is 0.327 e. The first-order valence-corrected chi connectivity index (χ1v) is 5.39. The lowest BCUT2D eigenvalue weighted by atomic mass is 9.85. The number of alkyl halides is 3. The van der Waals surface area contributed by atoms with Crippen LogP contribution in [0.25, 0.3) is 0 Å². The lowest BCUT2D eigenvalue weighted by Crippen LogP contribution is -2.42. The fourth-order valence-corrected chi connectivity index (χ4v) is 2.23. The van der Waals surface area contributed by atoms with Crippen molar-refractivity contribution in [2.45, 2.75) is 37.9 Å². The van der Waals surface area contributed by atoms with Crippen molar-refractivity contribution in [1.82, 2.24) is 4.90 Å². The Hall–Kier alpha value is -0.290. The molecule has 0 aromatic rings. The fourth-order valence-electron chi connectivity index (χ4n) is 2.23. The Bertz CT molecular complexity index is 194. The predicted octanol–water partition coefficient (Wildman–Crippen LogP) is 2.00. The summed E-state index contributed by atoms with van der Waals surface area (Å²) < 4.78 is 36.3. The molecule has 2 nitrogen and oxygen atoms in total. The summed E-state index contributed by atoms with van der Waals surface area (Å²) in [6.45, 7) is -0.378. The zero-order chi connectivity index (χ0) is 11.5. The summed E-state index contributed by atoms with van der Waals surface area (Å²) in [5.74, 6) is 0.228. The van der Waals surface area contributed by atoms with Crippen molar-refractivity contribution in [3.8, 4) is 0 Å². The molecular weight excluding hydrogens is 205 g/mol. The molecule has 0 aromatic carbocycles. The number of nitrogens with two attached hydrogens (primary N) is 1. The Morgan fingerprint density at radius 3 is 2.40 bits per heavy atom. The van der Waals surface area contributed by atoms with Crippen molar-refractivity contribution in [1.29, 1.82) is 0 Å². The Morgan fingerprint density at radius 2 is 1.87 bits per heavy atom. The maximum atomic E-state index is 12.1. The first-order chi connectivity index (χ1) is 6.88. The summed E-state index contributed by atoms with van der Waals surface area (Å²) in [6.07, 6.45) is 0.0142. The highest BCUT2D eigenvalue weighted by Crippen LogP contribution is 2.24. The molecular formula is C10H19F3N2. The van der Waals surface area contributed by atoms with Gasteiger partial charge in [-0.1, -0.05) is 12.8 Å². The van der Waals surface area contributed by atoms with Crippen LogP contribution < -0.4 is 5.73 Å². The molecule has 0 radical (unpaired) electrons. The Morgan fingerprint density at radius 1 is 1.27 bits per heavy atom. The second-order valence-electron chi connectivity index (χ2n) is 4.52. The predicted molar refractivity (Wildman–Crippen MR) is 53.5 cm³/mol. The molecule has 0 saturated heterocycles. The van der Waals surface area contributed by atoms with Crippen molar-refractivity contribution >= 4 is 0 Å². The molecule has 2 N–H and O–H groups in total. The highest BCUT2D eigenvalue weighted by Gasteiger charge is 2.31. The van der Waals surface area contributed by atoms with Gasteiger partial charge in [-0.2, -0.15) is 13.2 Å². The maximum Gasteiger partial charge on any atom is 0.401 e. The molecule has 1 fully saturated rings. The molecule has 1 rings (SSSR count). The molecule has 0 heterocycles. The van der Waals surface area contributed by atoms with Crippen LogP contribution in [0, 0.1) is 5.92 Å². The minimum absolute atomic E-state index is 0.0782. The van der Waals surface area contributed by atoms with E-state index in [2.05, 4.69) is 0 Å². The normalized spacial score (nSPS) is 28.4. The van der Waals surface area contributed by atoms with E-state index in [4.69, 9.17) is 5.73 Å². The quantitative estimate of drug-likeness (QED) is 0.794. The van der Waals surface area contributed by atoms with Gasteiger partial charge in [-0.25, -0.2) is 0 Å². The lowest BCUT2D eigenvalue weighted by Gasteiger charge is -2.32. The van der Waals surface area contributed by atoms with E-state index >= 15 is 0 Å². The van der Waals surface area contributed by atoms with Crippen LogP contribution in [-0.4, -0.2) is 37.3 Å². The monoisotopic (exact) mass is 224 g/mol.